The number of carbonyl (C=O) groups excluding carboxylic acids is 3. The highest BCUT2D eigenvalue weighted by molar-refractivity contribution is 6.05. The van der Waals surface area contributed by atoms with Gasteiger partial charge in [-0.15, -0.1) is 0 Å². The Balaban J connectivity index is 0.735. The van der Waals surface area contributed by atoms with Crippen molar-refractivity contribution in [2.45, 2.75) is 160 Å². The third kappa shape index (κ3) is 11.3. The van der Waals surface area contributed by atoms with Crippen LogP contribution in [0.3, 0.4) is 0 Å². The van der Waals surface area contributed by atoms with Crippen molar-refractivity contribution in [2.24, 2.45) is 5.92 Å². The van der Waals surface area contributed by atoms with Gasteiger partial charge in [-0.25, -0.2) is 23.1 Å². The third-order valence-electron chi connectivity index (χ3n) is 17.3. The van der Waals surface area contributed by atoms with Crippen LogP contribution in [0.15, 0.2) is 47.3 Å². The highest BCUT2D eigenvalue weighted by atomic mass is 19.3. The molecule has 4 saturated heterocycles. The van der Waals surface area contributed by atoms with Crippen LogP contribution in [0.5, 0.6) is 0 Å². The van der Waals surface area contributed by atoms with Gasteiger partial charge in [0.05, 0.1) is 5.39 Å². The van der Waals surface area contributed by atoms with Gasteiger partial charge in [-0.3, -0.25) is 29.1 Å². The first-order chi connectivity index (χ1) is 35.3. The second kappa shape index (κ2) is 22.3. The zero-order valence-electron chi connectivity index (χ0n) is 42.9. The first-order valence-corrected chi connectivity index (χ1v) is 27.6. The van der Waals surface area contributed by atoms with E-state index >= 15 is 13.2 Å². The smallest absolute Gasteiger partial charge is 0.276 e. The number of fused-ring (bicyclic) bond motifs is 10. The number of aryl methyl sites for hydroxylation is 2. The molecule has 11 rings (SSSR count). The third-order valence-corrected chi connectivity index (χ3v) is 17.3. The largest absolute Gasteiger partial charge is 0.363 e. The molecular formula is C57H74F3N9O4. The summed E-state index contributed by atoms with van der Waals surface area (Å²) in [4.78, 5) is 70.6. The number of alkyl halides is 2. The number of hydrogen-bond acceptors (Lipinski definition) is 10. The highest BCUT2D eigenvalue weighted by Crippen LogP contribution is 2.43. The summed E-state index contributed by atoms with van der Waals surface area (Å²) in [5, 5.41) is 6.72. The number of nitrogens with one attached hydrogen (secondary N) is 2. The van der Waals surface area contributed by atoms with Crippen molar-refractivity contribution >= 4 is 34.6 Å². The molecule has 8 bridgehead atoms. The lowest BCUT2D eigenvalue weighted by Crippen LogP contribution is -2.52. The molecule has 13 nitrogen and oxygen atoms in total. The summed E-state index contributed by atoms with van der Waals surface area (Å²) in [5.41, 5.74) is 4.03. The van der Waals surface area contributed by atoms with E-state index in [0.29, 0.717) is 60.9 Å². The number of imide groups is 1. The standard InChI is InChI=1S/C57H74F3N9O4/c1-37-41-12-11-13-44(32-41)57(59,60)43-20-30-67(31-21-43)22-7-4-3-5-10-25-68-53-48(52(61-37)62-38(2)63-53)34-46(55(68)72)40-18-28-66(29-19-40)24-9-6-8-23-65-26-16-39(17-27-65)45-33-42-36-69(56(73)47(42)35-49(45)58)50-14-15-51(70)64-54(50)71/h11-13,32-35,37,39-40,43,50H,3-10,14-31,36H2,1-2H3,(H,61,62,63)(H,64,70,71)/t37-,50?/m1/s1. The summed E-state index contributed by atoms with van der Waals surface area (Å²) in [6, 6.07) is 11.1. The number of pyridine rings is 1. The maximum atomic E-state index is 16.2. The first kappa shape index (κ1) is 51.3. The van der Waals surface area contributed by atoms with Gasteiger partial charge in [-0.1, -0.05) is 49.9 Å². The number of aromatic nitrogens is 3. The summed E-state index contributed by atoms with van der Waals surface area (Å²) in [5.74, 6) is -3.76. The van der Waals surface area contributed by atoms with E-state index in [1.54, 1.807) is 18.2 Å². The molecule has 7 aliphatic heterocycles. The zero-order chi connectivity index (χ0) is 50.8. The van der Waals surface area contributed by atoms with Crippen molar-refractivity contribution < 1.29 is 27.6 Å². The summed E-state index contributed by atoms with van der Waals surface area (Å²) in [7, 11) is 0. The van der Waals surface area contributed by atoms with Gasteiger partial charge in [0, 0.05) is 48.2 Å². The second-order valence-electron chi connectivity index (χ2n) is 22.1. The molecule has 0 aliphatic carbocycles. The van der Waals surface area contributed by atoms with Gasteiger partial charge in [0.1, 0.15) is 29.1 Å². The lowest BCUT2D eigenvalue weighted by Gasteiger charge is -2.36. The van der Waals surface area contributed by atoms with Crippen molar-refractivity contribution in [3.8, 4) is 0 Å². The Hall–Kier alpha value is -5.19. The molecule has 2 aromatic heterocycles. The van der Waals surface area contributed by atoms with Gasteiger partial charge in [-0.05, 0) is 190 Å². The molecule has 16 heteroatoms. The SMILES string of the molecule is Cc1nc2c3cc(C4CCN(CCCCCN5CCC(c6cc7c(cc6F)C(=O)N(C6CCC(=O)NC6=O)C7)CC5)CC4)c(=O)n(c3n1)CCCCCCCN1CCC(CC1)C(F)(F)c1cccc(c1)[C@@H](C)N2. The number of unbranched alkanes of at least 4 members (excludes halogenated alkanes) is 2. The number of amides is 3. The summed E-state index contributed by atoms with van der Waals surface area (Å²) in [6.45, 7) is 12.7. The maximum Gasteiger partial charge on any atom is 0.276 e. The predicted molar refractivity (Wildman–Crippen MR) is 276 cm³/mol. The van der Waals surface area contributed by atoms with Crippen molar-refractivity contribution in [3.63, 3.8) is 0 Å². The first-order valence-electron chi connectivity index (χ1n) is 27.6. The van der Waals surface area contributed by atoms with E-state index in [9.17, 15) is 19.2 Å². The van der Waals surface area contributed by atoms with Crippen LogP contribution in [0.1, 0.15) is 172 Å². The number of rotatable bonds is 9. The Labute approximate surface area is 427 Å². The lowest BCUT2D eigenvalue weighted by atomic mass is 9.85. The lowest BCUT2D eigenvalue weighted by molar-refractivity contribution is -0.136. The van der Waals surface area contributed by atoms with Gasteiger partial charge in [-0.2, -0.15) is 0 Å². The van der Waals surface area contributed by atoms with Gasteiger partial charge in [0.2, 0.25) is 11.8 Å². The molecule has 3 amide bonds. The summed E-state index contributed by atoms with van der Waals surface area (Å²) < 4.78 is 49.8. The fourth-order valence-corrected chi connectivity index (χ4v) is 12.9. The summed E-state index contributed by atoms with van der Waals surface area (Å²) in [6.07, 6.45) is 13.3. The zero-order valence-corrected chi connectivity index (χ0v) is 42.9. The number of hydrogen-bond donors (Lipinski definition) is 2. The average Bonchev–Trinajstić information content (AvgIpc) is 3.70. The van der Waals surface area contributed by atoms with E-state index in [0.717, 1.165) is 145 Å². The van der Waals surface area contributed by atoms with Crippen molar-refractivity contribution in [1.82, 2.24) is 39.5 Å². The number of benzene rings is 2. The van der Waals surface area contributed by atoms with Gasteiger partial charge in [0.15, 0.2) is 0 Å². The quantitative estimate of drug-likeness (QED) is 0.124. The van der Waals surface area contributed by atoms with E-state index in [4.69, 9.17) is 9.97 Å². The van der Waals surface area contributed by atoms with Crippen LogP contribution in [0.2, 0.25) is 0 Å². The molecule has 2 atom stereocenters. The molecule has 7 aliphatic rings. The molecule has 1 unspecified atom stereocenters. The molecule has 4 aromatic rings. The van der Waals surface area contributed by atoms with E-state index in [1.165, 1.54) is 11.0 Å². The Morgan fingerprint density at radius 2 is 1.40 bits per heavy atom. The molecule has 2 N–H and O–H groups in total. The molecule has 9 heterocycles. The van der Waals surface area contributed by atoms with Crippen molar-refractivity contribution in [3.05, 3.63) is 97.8 Å². The average molecular weight is 1010 g/mol. The normalized spacial score (nSPS) is 25.2. The monoisotopic (exact) mass is 1010 g/mol. The molecule has 0 saturated carbocycles. The Bertz CT molecular complexity index is 2730. The molecule has 392 valence electrons. The second-order valence-corrected chi connectivity index (χ2v) is 22.1. The van der Waals surface area contributed by atoms with Crippen LogP contribution in [0.4, 0.5) is 19.0 Å². The maximum absolute atomic E-state index is 16.2. The molecule has 0 radical (unpaired) electrons. The number of piperidine rings is 4. The Morgan fingerprint density at radius 1 is 0.726 bits per heavy atom. The molecule has 73 heavy (non-hydrogen) atoms. The van der Waals surface area contributed by atoms with Crippen molar-refractivity contribution in [1.29, 1.82) is 0 Å². The van der Waals surface area contributed by atoms with Gasteiger partial charge < -0.3 is 24.9 Å². The number of anilines is 1. The van der Waals surface area contributed by atoms with E-state index in [-0.39, 0.29) is 66.0 Å². The van der Waals surface area contributed by atoms with Crippen molar-refractivity contribution in [2.75, 3.05) is 64.2 Å². The van der Waals surface area contributed by atoms with Crippen LogP contribution < -0.4 is 16.2 Å². The Morgan fingerprint density at radius 3 is 2.10 bits per heavy atom. The number of carbonyl (C=O) groups is 3. The molecular weight excluding hydrogens is 932 g/mol. The minimum Gasteiger partial charge on any atom is -0.363 e. The van der Waals surface area contributed by atoms with Crippen LogP contribution in [0, 0.1) is 18.7 Å². The minimum absolute atomic E-state index is 0.0382. The van der Waals surface area contributed by atoms with E-state index in [2.05, 4.69) is 25.3 Å². The van der Waals surface area contributed by atoms with Crippen LogP contribution >= 0.6 is 0 Å². The number of nitrogens with zero attached hydrogens (tertiary/aromatic N) is 7. The molecule has 2 aromatic carbocycles. The molecule has 4 fully saturated rings. The topological polar surface area (TPSA) is 136 Å². The van der Waals surface area contributed by atoms with Crippen LogP contribution in [-0.2, 0) is 28.6 Å². The number of halogens is 3. The Kier molecular flexibility index (Phi) is 15.7. The fraction of sp³-hybridized carbons (Fsp3) is 0.614. The fourth-order valence-electron chi connectivity index (χ4n) is 12.9. The minimum atomic E-state index is -2.92. The van der Waals surface area contributed by atoms with Crippen LogP contribution in [-0.4, -0.2) is 117 Å². The number of likely N-dealkylation sites (tertiary alicyclic amines) is 2. The van der Waals surface area contributed by atoms with Crippen LogP contribution in [0.25, 0.3) is 11.0 Å². The van der Waals surface area contributed by atoms with E-state index < -0.39 is 23.8 Å². The highest BCUT2D eigenvalue weighted by Gasteiger charge is 2.43. The van der Waals surface area contributed by atoms with Gasteiger partial charge >= 0.3 is 0 Å². The van der Waals surface area contributed by atoms with Gasteiger partial charge in [0.25, 0.3) is 17.4 Å². The summed E-state index contributed by atoms with van der Waals surface area (Å²) >= 11 is 0. The molecule has 0 spiro atoms. The predicted octanol–water partition coefficient (Wildman–Crippen LogP) is 9.17. The van der Waals surface area contributed by atoms with E-state index in [1.807, 2.05) is 36.6 Å².